The second-order valence-electron chi connectivity index (χ2n) is 10.0. The lowest BCUT2D eigenvalue weighted by atomic mass is 10.1. The number of amides is 1. The van der Waals surface area contributed by atoms with Crippen LogP contribution in [-0.2, 0) is 4.79 Å². The van der Waals surface area contributed by atoms with Crippen molar-refractivity contribution in [1.29, 1.82) is 0 Å². The summed E-state index contributed by atoms with van der Waals surface area (Å²) in [7, 11) is 3.78. The van der Waals surface area contributed by atoms with Gasteiger partial charge >= 0.3 is 0 Å². The molecule has 0 unspecified atom stereocenters. The quantitative estimate of drug-likeness (QED) is 0.510. The first-order chi connectivity index (χ1) is 17.1. The Bertz CT molecular complexity index is 1240. The van der Waals surface area contributed by atoms with Crippen LogP contribution in [0.2, 0.25) is 0 Å². The number of hydrogen-bond acceptors (Lipinski definition) is 7. The van der Waals surface area contributed by atoms with Crippen molar-refractivity contribution in [2.75, 3.05) is 52.2 Å². The second kappa shape index (κ2) is 9.13. The Kier molecular flexibility index (Phi) is 5.82. The highest BCUT2D eigenvalue weighted by molar-refractivity contribution is 5.99. The summed E-state index contributed by atoms with van der Waals surface area (Å²) in [5.41, 5.74) is 2.43. The minimum atomic E-state index is 0. The number of hydrogen-bond donors (Lipinski definition) is 2. The number of nitrogens with one attached hydrogen (secondary N) is 2. The van der Waals surface area contributed by atoms with Gasteiger partial charge in [0.15, 0.2) is 0 Å². The molecule has 3 aromatic rings. The molecule has 3 fully saturated rings. The van der Waals surface area contributed by atoms with E-state index in [1.807, 2.05) is 24.4 Å². The largest absolute Gasteiger partial charge is 0.490 e. The van der Waals surface area contributed by atoms with E-state index in [-0.39, 0.29) is 20.8 Å². The van der Waals surface area contributed by atoms with Crippen molar-refractivity contribution in [2.45, 2.75) is 25.4 Å². The summed E-state index contributed by atoms with van der Waals surface area (Å²) in [5.74, 6) is 2.43. The molecule has 0 bridgehead atoms. The van der Waals surface area contributed by atoms with Crippen LogP contribution in [0.4, 0.5) is 5.82 Å². The third-order valence-corrected chi connectivity index (χ3v) is 7.30. The zero-order valence-electron chi connectivity index (χ0n) is 20.3. The van der Waals surface area contributed by atoms with Gasteiger partial charge in [-0.1, -0.05) is 0 Å². The van der Waals surface area contributed by atoms with Gasteiger partial charge in [0.1, 0.15) is 17.2 Å². The molecule has 0 spiro atoms. The Labute approximate surface area is 207 Å². The third-order valence-electron chi connectivity index (χ3n) is 7.30. The summed E-state index contributed by atoms with van der Waals surface area (Å²) in [6.07, 6.45) is 6.95. The van der Waals surface area contributed by atoms with Gasteiger partial charge in [-0.25, -0.2) is 9.97 Å². The molecule has 188 valence electrons. The molecular formula is C26H36N6O3. The number of pyridine rings is 2. The third kappa shape index (κ3) is 4.70. The maximum atomic E-state index is 12.8. The molecule has 4 heterocycles. The van der Waals surface area contributed by atoms with Gasteiger partial charge in [-0.3, -0.25) is 4.79 Å². The van der Waals surface area contributed by atoms with Crippen LogP contribution in [0.5, 0.6) is 11.6 Å². The summed E-state index contributed by atoms with van der Waals surface area (Å²) >= 11 is 0. The number of rotatable bonds is 8. The van der Waals surface area contributed by atoms with E-state index >= 15 is 0 Å². The van der Waals surface area contributed by atoms with Gasteiger partial charge in [0.2, 0.25) is 11.8 Å². The Hall–Kier alpha value is -3.17. The number of H-pyrrole nitrogens is 1. The molecule has 0 radical (unpaired) electrons. The molecule has 2 atom stereocenters. The maximum absolute atomic E-state index is 12.8. The number of aromatic amines is 1. The van der Waals surface area contributed by atoms with Gasteiger partial charge in [-0.05, 0) is 50.4 Å². The van der Waals surface area contributed by atoms with E-state index in [9.17, 15) is 4.79 Å². The molecule has 1 amide bonds. The number of piperazine rings is 1. The number of carbonyl (C=O) groups excluding carboxylic acids is 1. The fourth-order valence-corrected chi connectivity index (χ4v) is 4.93. The van der Waals surface area contributed by atoms with Crippen LogP contribution in [0.25, 0.3) is 22.2 Å². The molecule has 2 saturated carbocycles. The fourth-order valence-electron chi connectivity index (χ4n) is 4.93. The molecule has 3 aliphatic rings. The standard InChI is InChI=1S/C26H32N6O3.2H2/c1-31-9-11-32(12-10-31)15-16-13-19(16)25(33)30-22-6-5-18-20(14-28-24(18)29-22)23-21(35-17-3-4-17)7-8-27-26(23)34-2;;/h5-8,14,16-17,19H,3-4,9-13,15H2,1-2H3,(H2,28,29,30,33);2*1H/t16-,19+;;/m1../s1. The zero-order chi connectivity index (χ0) is 23.9. The summed E-state index contributed by atoms with van der Waals surface area (Å²) in [6.45, 7) is 5.39. The van der Waals surface area contributed by atoms with Crippen LogP contribution in [0.15, 0.2) is 30.6 Å². The minimum Gasteiger partial charge on any atom is -0.490 e. The monoisotopic (exact) mass is 480 g/mol. The Morgan fingerprint density at radius 2 is 2.06 bits per heavy atom. The van der Waals surface area contributed by atoms with E-state index in [0.717, 1.165) is 74.2 Å². The van der Waals surface area contributed by atoms with Crippen LogP contribution in [0, 0.1) is 11.8 Å². The van der Waals surface area contributed by atoms with E-state index in [1.165, 1.54) is 0 Å². The number of methoxy groups -OCH3 is 1. The van der Waals surface area contributed by atoms with Crippen molar-refractivity contribution in [3.8, 4) is 22.8 Å². The van der Waals surface area contributed by atoms with Crippen LogP contribution >= 0.6 is 0 Å². The van der Waals surface area contributed by atoms with Crippen molar-refractivity contribution in [3.63, 3.8) is 0 Å². The summed E-state index contributed by atoms with van der Waals surface area (Å²) in [5, 5.41) is 3.95. The van der Waals surface area contributed by atoms with Crippen LogP contribution in [-0.4, -0.2) is 83.6 Å². The molecule has 0 aromatic carbocycles. The average molecular weight is 481 g/mol. The molecule has 35 heavy (non-hydrogen) atoms. The lowest BCUT2D eigenvalue weighted by molar-refractivity contribution is -0.117. The number of anilines is 1. The van der Waals surface area contributed by atoms with Crippen molar-refractivity contribution in [3.05, 3.63) is 30.6 Å². The highest BCUT2D eigenvalue weighted by atomic mass is 16.5. The van der Waals surface area contributed by atoms with E-state index in [4.69, 9.17) is 9.47 Å². The second-order valence-corrected chi connectivity index (χ2v) is 10.0. The van der Waals surface area contributed by atoms with Crippen molar-refractivity contribution in [1.82, 2.24) is 24.8 Å². The fraction of sp³-hybridized carbons (Fsp3) is 0.500. The first-order valence-corrected chi connectivity index (χ1v) is 12.5. The van der Waals surface area contributed by atoms with Crippen molar-refractivity contribution < 1.29 is 17.1 Å². The highest BCUT2D eigenvalue weighted by Gasteiger charge is 2.44. The molecular weight excluding hydrogens is 444 g/mol. The number of carbonyl (C=O) groups is 1. The number of likely N-dealkylation sites (N-methyl/N-ethyl adjacent to an activating group) is 1. The Morgan fingerprint density at radius 1 is 1.23 bits per heavy atom. The minimum absolute atomic E-state index is 0. The SMILES string of the molecule is COc1nccc(OC2CC2)c1-c1c[nH]c2nc(NC(=O)[C@H]3C[C@@H]3CN3CCN(C)CC3)ccc12.[HH].[HH]. The van der Waals surface area contributed by atoms with Crippen molar-refractivity contribution in [2.24, 2.45) is 11.8 Å². The van der Waals surface area contributed by atoms with E-state index in [1.54, 1.807) is 13.3 Å². The predicted molar refractivity (Wildman–Crippen MR) is 138 cm³/mol. The lowest BCUT2D eigenvalue weighted by Crippen LogP contribution is -2.45. The topological polar surface area (TPSA) is 95.6 Å². The van der Waals surface area contributed by atoms with Gasteiger partial charge in [-0.2, -0.15) is 0 Å². The number of fused-ring (bicyclic) bond motifs is 1. The summed E-state index contributed by atoms with van der Waals surface area (Å²) in [4.78, 5) is 30.0. The number of ether oxygens (including phenoxy) is 2. The van der Waals surface area contributed by atoms with Gasteiger partial charge in [0.25, 0.3) is 0 Å². The number of nitrogens with zero attached hydrogens (tertiary/aromatic N) is 4. The maximum Gasteiger partial charge on any atom is 0.228 e. The molecule has 1 aliphatic heterocycles. The van der Waals surface area contributed by atoms with E-state index in [2.05, 4.69) is 37.1 Å². The molecule has 3 aromatic heterocycles. The predicted octanol–water partition coefficient (Wildman–Crippen LogP) is 3.49. The van der Waals surface area contributed by atoms with Gasteiger partial charge in [0.05, 0.1) is 18.8 Å². The van der Waals surface area contributed by atoms with Crippen LogP contribution in [0.1, 0.15) is 22.1 Å². The highest BCUT2D eigenvalue weighted by Crippen LogP contribution is 2.43. The zero-order valence-corrected chi connectivity index (χ0v) is 20.3. The summed E-state index contributed by atoms with van der Waals surface area (Å²) < 4.78 is 11.7. The molecule has 2 N–H and O–H groups in total. The molecule has 9 nitrogen and oxygen atoms in total. The van der Waals surface area contributed by atoms with Crippen LogP contribution < -0.4 is 14.8 Å². The molecule has 6 rings (SSSR count). The molecule has 1 saturated heterocycles. The summed E-state index contributed by atoms with van der Waals surface area (Å²) in [6, 6.07) is 5.72. The van der Waals surface area contributed by atoms with E-state index in [0.29, 0.717) is 23.3 Å². The normalized spacial score (nSPS) is 22.8. The molecule has 9 heteroatoms. The van der Waals surface area contributed by atoms with Gasteiger partial charge in [0, 0.05) is 64.8 Å². The average Bonchev–Trinajstić information content (AvgIpc) is 3.79. The van der Waals surface area contributed by atoms with Gasteiger partial charge in [-0.15, -0.1) is 0 Å². The lowest BCUT2D eigenvalue weighted by Gasteiger charge is -2.32. The number of aromatic nitrogens is 3. The smallest absolute Gasteiger partial charge is 0.228 e. The first kappa shape index (κ1) is 22.3. The Morgan fingerprint density at radius 3 is 2.83 bits per heavy atom. The Balaban J connectivity index is 0.00000160. The van der Waals surface area contributed by atoms with Crippen LogP contribution in [0.3, 0.4) is 0 Å². The van der Waals surface area contributed by atoms with E-state index < -0.39 is 0 Å². The molecule has 2 aliphatic carbocycles. The van der Waals surface area contributed by atoms with Gasteiger partial charge < -0.3 is 29.6 Å². The van der Waals surface area contributed by atoms with Crippen molar-refractivity contribution >= 4 is 22.8 Å². The first-order valence-electron chi connectivity index (χ1n) is 12.5.